The molecular weight excluding hydrogens is 300 g/mol. The zero-order chi connectivity index (χ0) is 16.3. The van der Waals surface area contributed by atoms with Gasteiger partial charge in [-0.1, -0.05) is 12.1 Å². The number of hydrogen-bond acceptors (Lipinski definition) is 2. The van der Waals surface area contributed by atoms with Crippen LogP contribution in [0.4, 0.5) is 23.2 Å². The number of halogens is 4. The number of anilines is 1. The highest BCUT2D eigenvalue weighted by atomic mass is 19.4. The topological polar surface area (TPSA) is 52.9 Å². The summed E-state index contributed by atoms with van der Waals surface area (Å²) in [4.78, 5) is 11.9. The second-order valence-electron chi connectivity index (χ2n) is 4.30. The summed E-state index contributed by atoms with van der Waals surface area (Å²) < 4.78 is 52.1. The summed E-state index contributed by atoms with van der Waals surface area (Å²) >= 11 is 0. The molecule has 0 radical (unpaired) electrons. The Hall–Kier alpha value is -2.88. The first-order valence-corrected chi connectivity index (χ1v) is 6.00. The second kappa shape index (κ2) is 5.85. The molecule has 0 aliphatic rings. The Bertz CT molecular complexity index is 763. The lowest BCUT2D eigenvalue weighted by Crippen LogP contribution is -2.17. The van der Waals surface area contributed by atoms with E-state index in [1.165, 1.54) is 18.2 Å². The largest absolute Gasteiger partial charge is 0.418 e. The highest BCUT2D eigenvalue weighted by molar-refractivity contribution is 6.05. The maximum absolute atomic E-state index is 13.7. The Morgan fingerprint density at radius 3 is 2.41 bits per heavy atom. The molecule has 0 unspecified atom stereocenters. The molecule has 0 fully saturated rings. The fraction of sp³-hybridized carbons (Fsp3) is 0.0667. The van der Waals surface area contributed by atoms with Crippen molar-refractivity contribution in [2.24, 2.45) is 0 Å². The Kier molecular flexibility index (Phi) is 4.13. The van der Waals surface area contributed by atoms with Gasteiger partial charge in [0, 0.05) is 0 Å². The van der Waals surface area contributed by atoms with Gasteiger partial charge in [-0.25, -0.2) is 4.39 Å². The molecule has 22 heavy (non-hydrogen) atoms. The van der Waals surface area contributed by atoms with Gasteiger partial charge < -0.3 is 5.32 Å². The fourth-order valence-electron chi connectivity index (χ4n) is 1.80. The third-order valence-corrected chi connectivity index (χ3v) is 2.82. The molecule has 112 valence electrons. The van der Waals surface area contributed by atoms with Gasteiger partial charge in [-0.2, -0.15) is 18.4 Å². The van der Waals surface area contributed by atoms with Crippen LogP contribution in [0.1, 0.15) is 21.5 Å². The summed E-state index contributed by atoms with van der Waals surface area (Å²) in [5, 5.41) is 10.6. The first kappa shape index (κ1) is 15.5. The Morgan fingerprint density at radius 1 is 1.14 bits per heavy atom. The number of carbonyl (C=O) groups excluding carboxylic acids is 1. The van der Waals surface area contributed by atoms with Gasteiger partial charge in [-0.05, 0) is 30.3 Å². The molecule has 0 atom stereocenters. The summed E-state index contributed by atoms with van der Waals surface area (Å²) in [5.41, 5.74) is -1.94. The number of nitrogens with zero attached hydrogens (tertiary/aromatic N) is 1. The molecule has 0 aromatic heterocycles. The van der Waals surface area contributed by atoms with Crippen LogP contribution in [0.15, 0.2) is 42.5 Å². The number of carbonyl (C=O) groups is 1. The molecule has 2 rings (SSSR count). The van der Waals surface area contributed by atoms with E-state index in [9.17, 15) is 22.4 Å². The van der Waals surface area contributed by atoms with E-state index in [-0.39, 0.29) is 5.56 Å². The molecule has 0 aliphatic carbocycles. The molecule has 0 heterocycles. The number of amides is 1. The summed E-state index contributed by atoms with van der Waals surface area (Å²) in [6.07, 6.45) is -4.65. The molecule has 1 N–H and O–H groups in total. The monoisotopic (exact) mass is 308 g/mol. The van der Waals surface area contributed by atoms with Crippen LogP contribution in [-0.2, 0) is 6.18 Å². The number of alkyl halides is 3. The van der Waals surface area contributed by atoms with Crippen LogP contribution in [0.25, 0.3) is 0 Å². The van der Waals surface area contributed by atoms with E-state index >= 15 is 0 Å². The van der Waals surface area contributed by atoms with Gasteiger partial charge >= 0.3 is 6.18 Å². The average molecular weight is 308 g/mol. The van der Waals surface area contributed by atoms with Crippen molar-refractivity contribution in [1.82, 2.24) is 0 Å². The Labute approximate surface area is 122 Å². The molecule has 0 saturated heterocycles. The maximum Gasteiger partial charge on any atom is 0.418 e. The lowest BCUT2D eigenvalue weighted by Gasteiger charge is -2.13. The maximum atomic E-state index is 13.7. The van der Waals surface area contributed by atoms with Crippen molar-refractivity contribution in [2.45, 2.75) is 6.18 Å². The van der Waals surface area contributed by atoms with Gasteiger partial charge in [0.25, 0.3) is 5.91 Å². The van der Waals surface area contributed by atoms with Crippen LogP contribution in [-0.4, -0.2) is 5.91 Å². The second-order valence-corrected chi connectivity index (χ2v) is 4.30. The smallest absolute Gasteiger partial charge is 0.321 e. The molecule has 1 amide bonds. The molecular formula is C15H8F4N2O. The predicted molar refractivity (Wildman–Crippen MR) is 70.5 cm³/mol. The molecule has 3 nitrogen and oxygen atoms in total. The van der Waals surface area contributed by atoms with Crippen molar-refractivity contribution in [1.29, 1.82) is 5.26 Å². The van der Waals surface area contributed by atoms with Crippen molar-refractivity contribution in [3.63, 3.8) is 0 Å². The van der Waals surface area contributed by atoms with E-state index in [1.54, 1.807) is 6.07 Å². The highest BCUT2D eigenvalue weighted by Gasteiger charge is 2.33. The normalized spacial score (nSPS) is 10.9. The van der Waals surface area contributed by atoms with Gasteiger partial charge in [-0.15, -0.1) is 0 Å². The van der Waals surface area contributed by atoms with E-state index in [0.29, 0.717) is 0 Å². The summed E-state index contributed by atoms with van der Waals surface area (Å²) in [5.74, 6) is -2.01. The molecule has 2 aromatic rings. The van der Waals surface area contributed by atoms with E-state index in [0.717, 1.165) is 24.3 Å². The van der Waals surface area contributed by atoms with Crippen molar-refractivity contribution < 1.29 is 22.4 Å². The van der Waals surface area contributed by atoms with Gasteiger partial charge in [0.05, 0.1) is 28.4 Å². The molecule has 7 heteroatoms. The van der Waals surface area contributed by atoms with Crippen LogP contribution < -0.4 is 5.32 Å². The third kappa shape index (κ3) is 3.23. The van der Waals surface area contributed by atoms with Gasteiger partial charge in [0.2, 0.25) is 0 Å². The minimum absolute atomic E-state index is 0.00439. The lowest BCUT2D eigenvalue weighted by atomic mass is 10.1. The van der Waals surface area contributed by atoms with Crippen molar-refractivity contribution >= 4 is 11.6 Å². The minimum atomic E-state index is -4.65. The van der Waals surface area contributed by atoms with Crippen molar-refractivity contribution in [3.05, 3.63) is 65.0 Å². The van der Waals surface area contributed by atoms with Gasteiger partial charge in [0.15, 0.2) is 0 Å². The number of hydrogen-bond donors (Lipinski definition) is 1. The number of rotatable bonds is 2. The Balaban J connectivity index is 2.33. The quantitative estimate of drug-likeness (QED) is 0.854. The van der Waals surface area contributed by atoms with Crippen molar-refractivity contribution in [3.8, 4) is 6.07 Å². The summed E-state index contributed by atoms with van der Waals surface area (Å²) in [7, 11) is 0. The molecule has 0 saturated carbocycles. The van der Waals surface area contributed by atoms with Crippen LogP contribution in [0.5, 0.6) is 0 Å². The summed E-state index contributed by atoms with van der Waals surface area (Å²) in [6.45, 7) is 0. The molecule has 0 aliphatic heterocycles. The van der Waals surface area contributed by atoms with Gasteiger partial charge in [0.1, 0.15) is 5.82 Å². The summed E-state index contributed by atoms with van der Waals surface area (Å²) in [6, 6.07) is 9.16. The minimum Gasteiger partial charge on any atom is -0.321 e. The SMILES string of the molecule is N#Cc1ccc(C(=O)Nc2ccccc2C(F)(F)F)c(F)c1. The zero-order valence-electron chi connectivity index (χ0n) is 10.9. The highest BCUT2D eigenvalue weighted by Crippen LogP contribution is 2.34. The van der Waals surface area contributed by atoms with Gasteiger partial charge in [-0.3, -0.25) is 4.79 Å². The third-order valence-electron chi connectivity index (χ3n) is 2.82. The number of para-hydroxylation sites is 1. The standard InChI is InChI=1S/C15H8F4N2O/c16-12-7-9(8-20)5-6-10(12)14(22)21-13-4-2-1-3-11(13)15(17,18)19/h1-7H,(H,21,22). The Morgan fingerprint density at radius 2 is 1.82 bits per heavy atom. The van der Waals surface area contributed by atoms with E-state index < -0.39 is 34.7 Å². The number of benzene rings is 2. The van der Waals surface area contributed by atoms with E-state index in [2.05, 4.69) is 0 Å². The molecule has 2 aromatic carbocycles. The average Bonchev–Trinajstić information content (AvgIpc) is 2.46. The zero-order valence-corrected chi connectivity index (χ0v) is 10.9. The van der Waals surface area contributed by atoms with Crippen LogP contribution in [0.3, 0.4) is 0 Å². The first-order valence-electron chi connectivity index (χ1n) is 6.00. The lowest BCUT2D eigenvalue weighted by molar-refractivity contribution is -0.136. The fourth-order valence-corrected chi connectivity index (χ4v) is 1.80. The molecule has 0 spiro atoms. The predicted octanol–water partition coefficient (Wildman–Crippen LogP) is 3.97. The van der Waals surface area contributed by atoms with Crippen LogP contribution in [0, 0.1) is 17.1 Å². The van der Waals surface area contributed by atoms with Crippen LogP contribution >= 0.6 is 0 Å². The first-order chi connectivity index (χ1) is 10.3. The number of nitriles is 1. The molecule has 0 bridgehead atoms. The van der Waals surface area contributed by atoms with E-state index in [4.69, 9.17) is 5.26 Å². The van der Waals surface area contributed by atoms with E-state index in [1.807, 2.05) is 5.32 Å². The number of nitrogens with one attached hydrogen (secondary N) is 1. The van der Waals surface area contributed by atoms with Crippen LogP contribution in [0.2, 0.25) is 0 Å². The van der Waals surface area contributed by atoms with Crippen molar-refractivity contribution in [2.75, 3.05) is 5.32 Å².